The predicted octanol–water partition coefficient (Wildman–Crippen LogP) is 3.33. The average molecular weight is 644 g/mol. The zero-order valence-corrected chi connectivity index (χ0v) is 26.2. The van der Waals surface area contributed by atoms with Gasteiger partial charge in [-0.2, -0.15) is 0 Å². The van der Waals surface area contributed by atoms with Crippen molar-refractivity contribution in [3.63, 3.8) is 0 Å². The first-order valence-electron chi connectivity index (χ1n) is 15.0. The lowest BCUT2D eigenvalue weighted by Gasteiger charge is -2.38. The standard InChI is InChI=1S/C33H41NO12/c1-17(2)9-14-21-23(43-15-7-5-6-8-24(36)34-41)16-22(35)25-27(38)32(46-33-29(40)28(39)26(37)18(3)44-33)30(45-31(21)25)19-10-12-20(42-4)13-11-19/h9-13,16,18,26,28-29,33,35,37,39-41H,5-8,14-15H2,1-4H3,(H,34,36)/t18-,26-,28+,29+,33-/m1/s1. The molecule has 13 nitrogen and oxygen atoms in total. The number of hydrogen-bond donors (Lipinski definition) is 6. The second kappa shape index (κ2) is 15.4. The van der Waals surface area contributed by atoms with Crippen molar-refractivity contribution in [1.29, 1.82) is 0 Å². The van der Waals surface area contributed by atoms with E-state index in [0.29, 0.717) is 48.3 Å². The van der Waals surface area contributed by atoms with Crippen LogP contribution in [0.25, 0.3) is 22.3 Å². The number of fused-ring (bicyclic) bond motifs is 1. The number of phenolic OH excluding ortho intramolecular Hbond substituents is 1. The molecule has 6 N–H and O–H groups in total. The Morgan fingerprint density at radius 3 is 2.41 bits per heavy atom. The number of carbonyl (C=O) groups is 1. The highest BCUT2D eigenvalue weighted by Gasteiger charge is 2.44. The number of aliphatic hydroxyl groups is 3. The number of aromatic hydroxyl groups is 1. The maximum atomic E-state index is 14.2. The van der Waals surface area contributed by atoms with Gasteiger partial charge in [-0.1, -0.05) is 11.6 Å². The van der Waals surface area contributed by atoms with Crippen LogP contribution in [0.4, 0.5) is 0 Å². The minimum Gasteiger partial charge on any atom is -0.507 e. The van der Waals surface area contributed by atoms with E-state index in [9.17, 15) is 30.0 Å². The molecule has 4 rings (SSSR count). The van der Waals surface area contributed by atoms with Gasteiger partial charge in [-0.15, -0.1) is 0 Å². The molecule has 2 aromatic carbocycles. The third-order valence-electron chi connectivity index (χ3n) is 7.71. The fraction of sp³-hybridized carbons (Fsp3) is 0.455. The third kappa shape index (κ3) is 7.80. The zero-order valence-electron chi connectivity index (χ0n) is 26.2. The first-order chi connectivity index (χ1) is 22.0. The third-order valence-corrected chi connectivity index (χ3v) is 7.71. The molecule has 250 valence electrons. The fourth-order valence-corrected chi connectivity index (χ4v) is 5.06. The van der Waals surface area contributed by atoms with Gasteiger partial charge in [0.25, 0.3) is 0 Å². The van der Waals surface area contributed by atoms with E-state index in [1.54, 1.807) is 29.7 Å². The number of rotatable bonds is 13. The van der Waals surface area contributed by atoms with Gasteiger partial charge in [-0.3, -0.25) is 14.8 Å². The lowest BCUT2D eigenvalue weighted by atomic mass is 10.00. The summed E-state index contributed by atoms with van der Waals surface area (Å²) in [5.74, 6) is -0.489. The lowest BCUT2D eigenvalue weighted by Crippen LogP contribution is -2.58. The van der Waals surface area contributed by atoms with Crippen molar-refractivity contribution in [1.82, 2.24) is 5.48 Å². The molecule has 0 radical (unpaired) electrons. The van der Waals surface area contributed by atoms with E-state index in [1.165, 1.54) is 20.1 Å². The number of nitrogens with one attached hydrogen (secondary N) is 1. The Labute approximate surface area is 265 Å². The Balaban J connectivity index is 1.83. The molecule has 0 aliphatic carbocycles. The minimum absolute atomic E-state index is 0.0404. The molecule has 5 atom stereocenters. The van der Waals surface area contributed by atoms with Crippen LogP contribution in [0.15, 0.2) is 51.2 Å². The molecule has 1 aliphatic rings. The number of aliphatic hydroxyl groups excluding tert-OH is 3. The van der Waals surface area contributed by atoms with Crippen molar-refractivity contribution in [3.8, 4) is 34.3 Å². The second-order valence-corrected chi connectivity index (χ2v) is 11.4. The molecule has 3 aromatic rings. The van der Waals surface area contributed by atoms with Gasteiger partial charge in [-0.05, 0) is 70.7 Å². The predicted molar refractivity (Wildman–Crippen MR) is 166 cm³/mol. The number of benzene rings is 2. The molecule has 46 heavy (non-hydrogen) atoms. The van der Waals surface area contributed by atoms with Gasteiger partial charge in [0.15, 0.2) is 5.76 Å². The Kier molecular flexibility index (Phi) is 11.7. The molecular formula is C33H41NO12. The fourth-order valence-electron chi connectivity index (χ4n) is 5.06. The molecule has 1 saturated heterocycles. The SMILES string of the molecule is COc1ccc(-c2oc3c(CC=C(C)C)c(OCCCCCC(=O)NO)cc(O)c3c(=O)c2O[C@H]2O[C@H](C)[C@@H](O)[C@H](O)[C@@H]2O)cc1. The molecule has 13 heteroatoms. The zero-order chi connectivity index (χ0) is 33.5. The molecule has 1 aliphatic heterocycles. The minimum atomic E-state index is -1.71. The van der Waals surface area contributed by atoms with Gasteiger partial charge in [0.1, 0.15) is 46.5 Å². The van der Waals surface area contributed by atoms with Gasteiger partial charge >= 0.3 is 0 Å². The quantitative estimate of drug-likeness (QED) is 0.0689. The van der Waals surface area contributed by atoms with Crippen LogP contribution >= 0.6 is 0 Å². The molecule has 0 saturated carbocycles. The number of ether oxygens (including phenoxy) is 4. The van der Waals surface area contributed by atoms with Crippen molar-refractivity contribution < 1.29 is 53.8 Å². The lowest BCUT2D eigenvalue weighted by molar-refractivity contribution is -0.268. The first-order valence-corrected chi connectivity index (χ1v) is 15.0. The van der Waals surface area contributed by atoms with E-state index in [1.807, 2.05) is 19.9 Å². The number of hydroxylamine groups is 1. The van der Waals surface area contributed by atoms with Crippen molar-refractivity contribution >= 4 is 16.9 Å². The maximum absolute atomic E-state index is 14.2. The highest BCUT2D eigenvalue weighted by molar-refractivity contribution is 5.91. The van der Waals surface area contributed by atoms with E-state index in [2.05, 4.69) is 0 Å². The van der Waals surface area contributed by atoms with Gasteiger partial charge in [0.05, 0.1) is 19.8 Å². The molecule has 0 spiro atoms. The normalized spacial score (nSPS) is 21.1. The molecular weight excluding hydrogens is 602 g/mol. The largest absolute Gasteiger partial charge is 0.507 e. The number of carbonyl (C=O) groups excluding carboxylic acids is 1. The van der Waals surface area contributed by atoms with Crippen molar-refractivity contribution in [2.75, 3.05) is 13.7 Å². The summed E-state index contributed by atoms with van der Waals surface area (Å²) in [6.45, 7) is 5.56. The summed E-state index contributed by atoms with van der Waals surface area (Å²) in [5, 5.41) is 50.8. The van der Waals surface area contributed by atoms with Crippen LogP contribution in [0.2, 0.25) is 0 Å². The van der Waals surface area contributed by atoms with E-state index in [0.717, 1.165) is 5.57 Å². The van der Waals surface area contributed by atoms with Gasteiger partial charge in [0, 0.05) is 23.6 Å². The monoisotopic (exact) mass is 643 g/mol. The Hall–Kier alpha value is -4.14. The summed E-state index contributed by atoms with van der Waals surface area (Å²) in [5.41, 5.74) is 2.78. The van der Waals surface area contributed by atoms with E-state index >= 15 is 0 Å². The van der Waals surface area contributed by atoms with Gasteiger partial charge in [-0.25, -0.2) is 5.48 Å². The van der Waals surface area contributed by atoms with Crippen LogP contribution in [0.5, 0.6) is 23.0 Å². The maximum Gasteiger partial charge on any atom is 0.243 e. The number of allylic oxidation sites excluding steroid dienone is 2. The van der Waals surface area contributed by atoms with Crippen LogP contribution < -0.4 is 25.1 Å². The van der Waals surface area contributed by atoms with Crippen molar-refractivity contribution in [2.45, 2.75) is 83.6 Å². The van der Waals surface area contributed by atoms with Crippen LogP contribution in [-0.2, 0) is 16.0 Å². The molecule has 0 bridgehead atoms. The van der Waals surface area contributed by atoms with E-state index < -0.39 is 47.8 Å². The van der Waals surface area contributed by atoms with Gasteiger partial charge < -0.3 is 43.8 Å². The summed E-state index contributed by atoms with van der Waals surface area (Å²) in [6, 6.07) is 7.92. The second-order valence-electron chi connectivity index (χ2n) is 11.4. The topological polar surface area (TPSA) is 197 Å². The molecule has 2 heterocycles. The molecule has 0 unspecified atom stereocenters. The Bertz CT molecular complexity index is 1600. The summed E-state index contributed by atoms with van der Waals surface area (Å²) >= 11 is 0. The molecule has 1 fully saturated rings. The first kappa shape index (κ1) is 34.7. The van der Waals surface area contributed by atoms with Crippen molar-refractivity contribution in [3.05, 3.63) is 57.8 Å². The Morgan fingerprint density at radius 2 is 1.76 bits per heavy atom. The van der Waals surface area contributed by atoms with Crippen LogP contribution in [0, 0.1) is 0 Å². The Morgan fingerprint density at radius 1 is 1.04 bits per heavy atom. The average Bonchev–Trinajstić information content (AvgIpc) is 3.04. The van der Waals surface area contributed by atoms with Crippen LogP contribution in [-0.4, -0.2) is 76.0 Å². The molecule has 1 aromatic heterocycles. The van der Waals surface area contributed by atoms with Crippen LogP contribution in [0.3, 0.4) is 0 Å². The molecule has 1 amide bonds. The highest BCUT2D eigenvalue weighted by Crippen LogP contribution is 2.41. The van der Waals surface area contributed by atoms with Gasteiger partial charge in [0.2, 0.25) is 23.4 Å². The smallest absolute Gasteiger partial charge is 0.243 e. The van der Waals surface area contributed by atoms with Crippen molar-refractivity contribution in [2.24, 2.45) is 0 Å². The summed E-state index contributed by atoms with van der Waals surface area (Å²) in [4.78, 5) is 25.4. The summed E-state index contributed by atoms with van der Waals surface area (Å²) in [7, 11) is 1.51. The summed E-state index contributed by atoms with van der Waals surface area (Å²) in [6.07, 6.45) is -3.04. The number of hydrogen-bond acceptors (Lipinski definition) is 12. The number of methoxy groups -OCH3 is 1. The number of unbranched alkanes of at least 4 members (excludes halogenated alkanes) is 2. The number of phenols is 1. The summed E-state index contributed by atoms with van der Waals surface area (Å²) < 4.78 is 29.2. The van der Waals surface area contributed by atoms with E-state index in [4.69, 9.17) is 28.6 Å². The highest BCUT2D eigenvalue weighted by atomic mass is 16.7. The van der Waals surface area contributed by atoms with Crippen LogP contribution in [0.1, 0.15) is 52.0 Å². The van der Waals surface area contributed by atoms with E-state index in [-0.39, 0.29) is 35.5 Å². The number of amides is 1.